The molecule has 3 aliphatic rings. The first kappa shape index (κ1) is 31.8. The molecule has 4 rings (SSSR count). The van der Waals surface area contributed by atoms with Gasteiger partial charge in [0.05, 0.1) is 12.6 Å². The van der Waals surface area contributed by atoms with Gasteiger partial charge in [-0.15, -0.1) is 0 Å². The van der Waals surface area contributed by atoms with Crippen molar-refractivity contribution in [2.75, 3.05) is 11.9 Å². The molecule has 1 aromatic carbocycles. The topological polar surface area (TPSA) is 120 Å². The molecular formula is C31H44F2N4O5. The van der Waals surface area contributed by atoms with E-state index in [9.17, 15) is 23.9 Å². The van der Waals surface area contributed by atoms with Crippen LogP contribution in [0.5, 0.6) is 0 Å². The Hall–Kier alpha value is -3.08. The summed E-state index contributed by atoms with van der Waals surface area (Å²) < 4.78 is 35.0. The summed E-state index contributed by atoms with van der Waals surface area (Å²) in [6, 6.07) is 5.08. The molecule has 1 aromatic rings. The summed E-state index contributed by atoms with van der Waals surface area (Å²) in [5.41, 5.74) is -5.63. The summed E-state index contributed by atoms with van der Waals surface area (Å²) in [5.74, 6) is -1.84. The smallest absolute Gasteiger partial charge is 0.414 e. The van der Waals surface area contributed by atoms with Crippen LogP contribution in [0.25, 0.3) is 0 Å². The van der Waals surface area contributed by atoms with Crippen molar-refractivity contribution in [1.82, 2.24) is 10.2 Å². The number of benzene rings is 1. The SMILES string of the molecule is C[C@@H]1C[C@@]2(Cc3ccc(NC(=O)C(C)(C)F)cc3[C@]23N=C(NC(=O)OC(C)(C)C)N(CC(C)(C)F)C3=O)C[C@H](C)[C@H]1O. The van der Waals surface area contributed by atoms with E-state index in [0.717, 1.165) is 24.3 Å². The number of amides is 3. The van der Waals surface area contributed by atoms with E-state index < -0.39 is 51.9 Å². The molecule has 3 amide bonds. The lowest BCUT2D eigenvalue weighted by Crippen LogP contribution is -2.56. The Balaban J connectivity index is 1.92. The number of ether oxygens (including phenoxy) is 1. The van der Waals surface area contributed by atoms with Crippen LogP contribution in [0.15, 0.2) is 23.2 Å². The highest BCUT2D eigenvalue weighted by Crippen LogP contribution is 2.63. The molecule has 0 radical (unpaired) electrons. The van der Waals surface area contributed by atoms with Crippen molar-refractivity contribution < 1.29 is 33.0 Å². The zero-order valence-corrected chi connectivity index (χ0v) is 26.0. The number of nitrogens with one attached hydrogen (secondary N) is 2. The summed E-state index contributed by atoms with van der Waals surface area (Å²) in [6.45, 7) is 13.5. The van der Waals surface area contributed by atoms with Crippen LogP contribution in [0.3, 0.4) is 0 Å². The Labute approximate surface area is 246 Å². The van der Waals surface area contributed by atoms with Gasteiger partial charge in [-0.3, -0.25) is 19.8 Å². The lowest BCUT2D eigenvalue weighted by molar-refractivity contribution is -0.142. The lowest BCUT2D eigenvalue weighted by Gasteiger charge is -2.49. The van der Waals surface area contributed by atoms with Crippen LogP contribution in [0.4, 0.5) is 19.3 Å². The second kappa shape index (κ2) is 10.3. The summed E-state index contributed by atoms with van der Waals surface area (Å²) in [7, 11) is 0. The highest BCUT2D eigenvalue weighted by atomic mass is 19.1. The van der Waals surface area contributed by atoms with Crippen LogP contribution >= 0.6 is 0 Å². The van der Waals surface area contributed by atoms with Gasteiger partial charge in [0, 0.05) is 11.1 Å². The number of nitrogens with zero attached hydrogens (tertiary/aromatic N) is 2. The minimum atomic E-state index is -2.14. The van der Waals surface area contributed by atoms with E-state index in [1.165, 1.54) is 13.8 Å². The van der Waals surface area contributed by atoms with E-state index >= 15 is 4.39 Å². The van der Waals surface area contributed by atoms with Crippen LogP contribution in [0.1, 0.15) is 86.3 Å². The number of fused-ring (bicyclic) bond motifs is 3. The zero-order chi connectivity index (χ0) is 31.6. The van der Waals surface area contributed by atoms with Gasteiger partial charge in [-0.2, -0.15) is 0 Å². The van der Waals surface area contributed by atoms with Crippen molar-refractivity contribution in [3.8, 4) is 0 Å². The van der Waals surface area contributed by atoms with Crippen molar-refractivity contribution >= 4 is 29.6 Å². The zero-order valence-electron chi connectivity index (χ0n) is 26.0. The van der Waals surface area contributed by atoms with Crippen molar-refractivity contribution in [3.05, 3.63) is 29.3 Å². The van der Waals surface area contributed by atoms with Crippen molar-refractivity contribution in [2.45, 2.75) is 110 Å². The van der Waals surface area contributed by atoms with E-state index in [0.29, 0.717) is 24.8 Å². The number of hydrogen-bond acceptors (Lipinski definition) is 6. The van der Waals surface area contributed by atoms with Crippen molar-refractivity contribution in [3.63, 3.8) is 0 Å². The second-order valence-electron chi connectivity index (χ2n) is 14.5. The average molecular weight is 591 g/mol. The van der Waals surface area contributed by atoms with Gasteiger partial charge < -0.3 is 15.2 Å². The first-order chi connectivity index (χ1) is 19.1. The first-order valence-electron chi connectivity index (χ1n) is 14.5. The maximum Gasteiger partial charge on any atom is 0.414 e. The average Bonchev–Trinajstić information content (AvgIpc) is 3.21. The van der Waals surface area contributed by atoms with Gasteiger partial charge in [0.2, 0.25) is 5.96 Å². The Morgan fingerprint density at radius 1 is 1.07 bits per heavy atom. The van der Waals surface area contributed by atoms with Gasteiger partial charge in [0.25, 0.3) is 11.8 Å². The first-order valence-corrected chi connectivity index (χ1v) is 14.5. The minimum Gasteiger partial charge on any atom is -0.444 e. The molecule has 11 heteroatoms. The number of aliphatic hydroxyl groups excluding tert-OH is 1. The summed E-state index contributed by atoms with van der Waals surface area (Å²) in [6.07, 6.45) is -0.109. The summed E-state index contributed by atoms with van der Waals surface area (Å²) in [4.78, 5) is 46.3. The number of aliphatic hydroxyl groups is 1. The monoisotopic (exact) mass is 590 g/mol. The molecule has 5 atom stereocenters. The Bertz CT molecular complexity index is 1300. The third-order valence-corrected chi connectivity index (χ3v) is 8.42. The second-order valence-corrected chi connectivity index (χ2v) is 14.5. The van der Waals surface area contributed by atoms with Gasteiger partial charge in [0.1, 0.15) is 11.3 Å². The highest BCUT2D eigenvalue weighted by Gasteiger charge is 2.68. The highest BCUT2D eigenvalue weighted by molar-refractivity contribution is 6.12. The van der Waals surface area contributed by atoms with E-state index in [4.69, 9.17) is 9.73 Å². The number of hydrogen-bond donors (Lipinski definition) is 3. The predicted octanol–water partition coefficient (Wildman–Crippen LogP) is 5.01. The molecule has 3 N–H and O–H groups in total. The molecule has 1 fully saturated rings. The molecule has 42 heavy (non-hydrogen) atoms. The Morgan fingerprint density at radius 2 is 1.67 bits per heavy atom. The maximum absolute atomic E-state index is 15.2. The number of carbonyl (C=O) groups excluding carboxylic acids is 3. The molecule has 1 saturated carbocycles. The molecule has 0 saturated heterocycles. The fraction of sp³-hybridized carbons (Fsp3) is 0.677. The molecule has 9 nitrogen and oxygen atoms in total. The van der Waals surface area contributed by atoms with E-state index in [1.54, 1.807) is 39.0 Å². The predicted molar refractivity (Wildman–Crippen MR) is 155 cm³/mol. The normalized spacial score (nSPS) is 29.5. The van der Waals surface area contributed by atoms with E-state index in [2.05, 4.69) is 10.6 Å². The Morgan fingerprint density at radius 3 is 2.19 bits per heavy atom. The van der Waals surface area contributed by atoms with Crippen molar-refractivity contribution in [2.24, 2.45) is 22.2 Å². The van der Waals surface area contributed by atoms with E-state index in [-0.39, 0.29) is 30.0 Å². The third-order valence-electron chi connectivity index (χ3n) is 8.42. The molecule has 232 valence electrons. The Kier molecular flexibility index (Phi) is 7.79. The number of halogens is 2. The fourth-order valence-electron chi connectivity index (χ4n) is 6.85. The summed E-state index contributed by atoms with van der Waals surface area (Å²) in [5, 5.41) is 16.1. The quantitative estimate of drug-likeness (QED) is 0.456. The van der Waals surface area contributed by atoms with Crippen LogP contribution in [-0.4, -0.2) is 63.5 Å². The number of anilines is 1. The standard InChI is InChI=1S/C31H44F2N4O5/c1-17-13-30(14-18(2)22(17)38)15-19-10-11-20(34-23(39)29(8,9)33)12-21(19)31(30)24(40)37(16-28(6,7)32)25(36-31)35-26(41)42-27(3,4)5/h10-12,17-18,22,38H,13-16H2,1-9H3,(H,34,39)(H,35,36,41)/t17-,18+,22+,30+,31-/m1/s1. The minimum absolute atomic E-state index is 0.127. The lowest BCUT2D eigenvalue weighted by atomic mass is 9.56. The maximum atomic E-state index is 15.2. The number of alkyl carbamates (subject to hydrolysis) is 1. The van der Waals surface area contributed by atoms with Crippen LogP contribution < -0.4 is 10.6 Å². The van der Waals surface area contributed by atoms with Gasteiger partial charge in [-0.25, -0.2) is 18.6 Å². The van der Waals surface area contributed by atoms with Gasteiger partial charge in [-0.1, -0.05) is 19.9 Å². The molecule has 0 bridgehead atoms. The van der Waals surface area contributed by atoms with Crippen LogP contribution in [-0.2, 0) is 26.3 Å². The molecule has 0 unspecified atom stereocenters. The largest absolute Gasteiger partial charge is 0.444 e. The number of carbonyl (C=O) groups is 3. The molecule has 0 aromatic heterocycles. The molecule has 1 aliphatic heterocycles. The van der Waals surface area contributed by atoms with Crippen LogP contribution in [0, 0.1) is 17.3 Å². The van der Waals surface area contributed by atoms with Crippen molar-refractivity contribution in [1.29, 1.82) is 0 Å². The van der Waals surface area contributed by atoms with Crippen LogP contribution in [0.2, 0.25) is 0 Å². The molecule has 1 heterocycles. The van der Waals surface area contributed by atoms with E-state index in [1.807, 2.05) is 13.8 Å². The van der Waals surface area contributed by atoms with Gasteiger partial charge >= 0.3 is 6.09 Å². The number of rotatable bonds is 4. The molecular weight excluding hydrogens is 546 g/mol. The molecule has 2 spiro atoms. The molecule has 2 aliphatic carbocycles. The van der Waals surface area contributed by atoms with Gasteiger partial charge in [-0.05, 0) is 103 Å². The summed E-state index contributed by atoms with van der Waals surface area (Å²) >= 11 is 0. The third kappa shape index (κ3) is 5.76. The fourth-order valence-corrected chi connectivity index (χ4v) is 6.85. The van der Waals surface area contributed by atoms with Gasteiger partial charge in [0.15, 0.2) is 11.2 Å². The number of guanidine groups is 1. The number of aliphatic imine (C=N–C) groups is 1. The number of alkyl halides is 2.